The summed E-state index contributed by atoms with van der Waals surface area (Å²) in [6, 6.07) is 25.4. The smallest absolute Gasteiger partial charge is 0.279 e. The molecule has 0 spiro atoms. The Hall–Kier alpha value is -3.74. The molecule has 1 saturated carbocycles. The summed E-state index contributed by atoms with van der Waals surface area (Å²) >= 11 is 6.11. The standard InChI is InChI=1S/C28H24ClN5O/c29-22-14-12-21(13-15-22)26-31-24-27(34(26)23-4-2-1-3-5-23)32-25(33-28(24)35)20-10-8-19(9-11-20)17-30-16-18-6-7-18/h1-5,8-15,18,30H,6-7,16-17H2,(H,32,33,35). The van der Waals surface area contributed by atoms with Crippen molar-refractivity contribution in [2.24, 2.45) is 5.92 Å². The number of nitrogens with one attached hydrogen (secondary N) is 2. The van der Waals surface area contributed by atoms with Gasteiger partial charge in [-0.2, -0.15) is 0 Å². The molecule has 0 unspecified atom stereocenters. The molecular formula is C28H24ClN5O. The summed E-state index contributed by atoms with van der Waals surface area (Å²) in [6.07, 6.45) is 2.68. The van der Waals surface area contributed by atoms with E-state index in [2.05, 4.69) is 22.4 Å². The van der Waals surface area contributed by atoms with Crippen LogP contribution in [-0.4, -0.2) is 26.1 Å². The first-order valence-electron chi connectivity index (χ1n) is 11.8. The molecular weight excluding hydrogens is 458 g/mol. The SMILES string of the molecule is O=c1[nH]c(-c2ccc(CNCC3CC3)cc2)nc2c1nc(-c1ccc(Cl)cc1)n2-c1ccccc1. The van der Waals surface area contributed by atoms with Crippen molar-refractivity contribution in [1.29, 1.82) is 0 Å². The first-order valence-corrected chi connectivity index (χ1v) is 12.2. The van der Waals surface area contributed by atoms with Gasteiger partial charge in [0.15, 0.2) is 11.2 Å². The summed E-state index contributed by atoms with van der Waals surface area (Å²) < 4.78 is 1.92. The number of aromatic nitrogens is 4. The highest BCUT2D eigenvalue weighted by Crippen LogP contribution is 2.29. The molecule has 6 rings (SSSR count). The fourth-order valence-corrected chi connectivity index (χ4v) is 4.37. The van der Waals surface area contributed by atoms with Gasteiger partial charge in [0, 0.05) is 28.4 Å². The van der Waals surface area contributed by atoms with Gasteiger partial charge >= 0.3 is 0 Å². The minimum atomic E-state index is -0.273. The van der Waals surface area contributed by atoms with Crippen molar-refractivity contribution in [1.82, 2.24) is 24.8 Å². The zero-order chi connectivity index (χ0) is 23.8. The van der Waals surface area contributed by atoms with Crippen LogP contribution in [-0.2, 0) is 6.54 Å². The highest BCUT2D eigenvalue weighted by atomic mass is 35.5. The molecule has 6 nitrogen and oxygen atoms in total. The third kappa shape index (κ3) is 4.50. The van der Waals surface area contributed by atoms with Gasteiger partial charge in [-0.1, -0.05) is 54.1 Å². The number of benzene rings is 3. The monoisotopic (exact) mass is 481 g/mol. The van der Waals surface area contributed by atoms with E-state index in [4.69, 9.17) is 21.6 Å². The van der Waals surface area contributed by atoms with Gasteiger partial charge in [-0.15, -0.1) is 0 Å². The Morgan fingerprint density at radius 2 is 1.63 bits per heavy atom. The molecule has 1 aliphatic rings. The molecule has 1 aliphatic carbocycles. The molecule has 174 valence electrons. The number of fused-ring (bicyclic) bond motifs is 1. The second-order valence-electron chi connectivity index (χ2n) is 8.97. The largest absolute Gasteiger partial charge is 0.312 e. The zero-order valence-corrected chi connectivity index (χ0v) is 19.8. The van der Waals surface area contributed by atoms with E-state index in [9.17, 15) is 4.79 Å². The highest BCUT2D eigenvalue weighted by molar-refractivity contribution is 6.30. The molecule has 3 aromatic carbocycles. The van der Waals surface area contributed by atoms with Crippen LogP contribution in [0, 0.1) is 5.92 Å². The van der Waals surface area contributed by atoms with E-state index in [1.54, 1.807) is 0 Å². The Kier molecular flexibility index (Phi) is 5.68. The number of hydrogen-bond acceptors (Lipinski definition) is 4. The number of nitrogens with zero attached hydrogens (tertiary/aromatic N) is 3. The van der Waals surface area contributed by atoms with Crippen LogP contribution in [0.3, 0.4) is 0 Å². The summed E-state index contributed by atoms with van der Waals surface area (Å²) in [5.41, 5.74) is 4.31. The van der Waals surface area contributed by atoms with Crippen LogP contribution in [0.15, 0.2) is 83.7 Å². The molecule has 0 saturated heterocycles. The van der Waals surface area contributed by atoms with Crippen molar-refractivity contribution < 1.29 is 0 Å². The normalized spacial score (nSPS) is 13.4. The van der Waals surface area contributed by atoms with Crippen LogP contribution in [0.1, 0.15) is 18.4 Å². The summed E-state index contributed by atoms with van der Waals surface area (Å²) in [6.45, 7) is 1.91. The molecule has 0 atom stereocenters. The summed E-state index contributed by atoms with van der Waals surface area (Å²) in [4.78, 5) is 25.6. The fourth-order valence-electron chi connectivity index (χ4n) is 4.24. The maximum absolute atomic E-state index is 13.1. The predicted molar refractivity (Wildman–Crippen MR) is 140 cm³/mol. The van der Waals surface area contributed by atoms with E-state index in [0.29, 0.717) is 27.8 Å². The second kappa shape index (κ2) is 9.13. The van der Waals surface area contributed by atoms with E-state index in [-0.39, 0.29) is 5.56 Å². The van der Waals surface area contributed by atoms with Crippen LogP contribution in [0.5, 0.6) is 0 Å². The Labute approximate surface area is 207 Å². The number of H-pyrrole nitrogens is 1. The molecule has 0 radical (unpaired) electrons. The van der Waals surface area contributed by atoms with Crippen LogP contribution in [0.25, 0.3) is 39.6 Å². The average Bonchev–Trinajstić information content (AvgIpc) is 3.63. The van der Waals surface area contributed by atoms with Crippen molar-refractivity contribution in [2.75, 3.05) is 6.54 Å². The Morgan fingerprint density at radius 3 is 2.34 bits per heavy atom. The third-order valence-electron chi connectivity index (χ3n) is 6.32. The molecule has 1 fully saturated rings. The van der Waals surface area contributed by atoms with E-state index >= 15 is 0 Å². The highest BCUT2D eigenvalue weighted by Gasteiger charge is 2.21. The van der Waals surface area contributed by atoms with Gasteiger partial charge in [-0.3, -0.25) is 9.36 Å². The van der Waals surface area contributed by atoms with Crippen LogP contribution in [0.2, 0.25) is 5.02 Å². The van der Waals surface area contributed by atoms with Crippen molar-refractivity contribution in [3.63, 3.8) is 0 Å². The quantitative estimate of drug-likeness (QED) is 0.317. The molecule has 0 aliphatic heterocycles. The topological polar surface area (TPSA) is 75.6 Å². The minimum Gasteiger partial charge on any atom is -0.312 e. The van der Waals surface area contributed by atoms with Gasteiger partial charge in [0.2, 0.25) is 0 Å². The van der Waals surface area contributed by atoms with Crippen LogP contribution >= 0.6 is 11.6 Å². The third-order valence-corrected chi connectivity index (χ3v) is 6.57. The second-order valence-corrected chi connectivity index (χ2v) is 9.41. The lowest BCUT2D eigenvalue weighted by atomic mass is 10.1. The molecule has 2 aromatic heterocycles. The van der Waals surface area contributed by atoms with Crippen molar-refractivity contribution in [3.8, 4) is 28.5 Å². The molecule has 2 N–H and O–H groups in total. The Bertz CT molecular complexity index is 1540. The lowest BCUT2D eigenvalue weighted by molar-refractivity contribution is 0.639. The van der Waals surface area contributed by atoms with E-state index in [1.807, 2.05) is 71.3 Å². The zero-order valence-electron chi connectivity index (χ0n) is 19.0. The lowest BCUT2D eigenvalue weighted by Gasteiger charge is -2.10. The maximum atomic E-state index is 13.1. The average molecular weight is 482 g/mol. The van der Waals surface area contributed by atoms with E-state index in [0.717, 1.165) is 35.8 Å². The molecule has 0 amide bonds. The first kappa shape index (κ1) is 21.8. The molecule has 5 aromatic rings. The fraction of sp³-hybridized carbons (Fsp3) is 0.179. The summed E-state index contributed by atoms with van der Waals surface area (Å²) in [5, 5.41) is 4.15. The number of rotatable bonds is 7. The molecule has 2 heterocycles. The van der Waals surface area contributed by atoms with Crippen LogP contribution in [0.4, 0.5) is 0 Å². The number of para-hydroxylation sites is 1. The van der Waals surface area contributed by atoms with E-state index < -0.39 is 0 Å². The number of imidazole rings is 1. The molecule has 0 bridgehead atoms. The first-order chi connectivity index (χ1) is 17.2. The van der Waals surface area contributed by atoms with Gasteiger partial charge in [0.05, 0.1) is 0 Å². The van der Waals surface area contributed by atoms with Gasteiger partial charge in [0.25, 0.3) is 5.56 Å². The molecule has 7 heteroatoms. The van der Waals surface area contributed by atoms with Gasteiger partial charge in [-0.05, 0) is 67.3 Å². The maximum Gasteiger partial charge on any atom is 0.279 e. The summed E-state index contributed by atoms with van der Waals surface area (Å²) in [7, 11) is 0. The van der Waals surface area contributed by atoms with Gasteiger partial charge in [-0.25, -0.2) is 9.97 Å². The van der Waals surface area contributed by atoms with Gasteiger partial charge < -0.3 is 10.3 Å². The number of aromatic amines is 1. The van der Waals surface area contributed by atoms with Crippen LogP contribution < -0.4 is 10.9 Å². The number of halogens is 1. The van der Waals surface area contributed by atoms with E-state index in [1.165, 1.54) is 18.4 Å². The Morgan fingerprint density at radius 1 is 0.914 bits per heavy atom. The Balaban J connectivity index is 1.43. The van der Waals surface area contributed by atoms with Crippen molar-refractivity contribution in [2.45, 2.75) is 19.4 Å². The van der Waals surface area contributed by atoms with Crippen molar-refractivity contribution in [3.05, 3.63) is 99.8 Å². The number of hydrogen-bond donors (Lipinski definition) is 2. The summed E-state index contributed by atoms with van der Waals surface area (Å²) in [5.74, 6) is 2.00. The van der Waals surface area contributed by atoms with Crippen molar-refractivity contribution >= 4 is 22.8 Å². The van der Waals surface area contributed by atoms with Gasteiger partial charge in [0.1, 0.15) is 11.6 Å². The predicted octanol–water partition coefficient (Wildman–Crippen LogP) is 5.60. The minimum absolute atomic E-state index is 0.273. The molecule has 35 heavy (non-hydrogen) atoms. The lowest BCUT2D eigenvalue weighted by Crippen LogP contribution is -2.16.